The van der Waals surface area contributed by atoms with E-state index in [1.807, 2.05) is 46.2 Å². The zero-order valence-corrected chi connectivity index (χ0v) is 19.3. The fourth-order valence-corrected chi connectivity index (χ4v) is 4.57. The lowest BCUT2D eigenvalue weighted by Gasteiger charge is -2.38. The number of benzene rings is 2. The van der Waals surface area contributed by atoms with Crippen molar-refractivity contribution in [2.24, 2.45) is 5.92 Å². The summed E-state index contributed by atoms with van der Waals surface area (Å²) in [6.45, 7) is 3.26. The molecule has 2 aromatic rings. The summed E-state index contributed by atoms with van der Waals surface area (Å²) in [6.07, 6.45) is 4.77. The largest absolute Gasteiger partial charge is 0.339 e. The first-order valence-electron chi connectivity index (χ1n) is 11.4. The summed E-state index contributed by atoms with van der Waals surface area (Å²) in [6, 6.07) is 16.7. The number of nitrogens with zero attached hydrogens (tertiary/aromatic N) is 3. The number of rotatable bonds is 4. The van der Waals surface area contributed by atoms with Gasteiger partial charge < -0.3 is 14.7 Å². The maximum atomic E-state index is 13.0. The molecule has 0 N–H and O–H groups in total. The van der Waals surface area contributed by atoms with Gasteiger partial charge in [-0.2, -0.15) is 0 Å². The van der Waals surface area contributed by atoms with E-state index in [-0.39, 0.29) is 23.6 Å². The van der Waals surface area contributed by atoms with Crippen LogP contribution in [-0.4, -0.2) is 71.7 Å². The Morgan fingerprint density at radius 2 is 1.45 bits per heavy atom. The quantitative estimate of drug-likeness (QED) is 0.648. The average Bonchev–Trinajstić information content (AvgIpc) is 2.87. The molecule has 2 aromatic carbocycles. The van der Waals surface area contributed by atoms with Gasteiger partial charge in [0.1, 0.15) is 0 Å². The Morgan fingerprint density at radius 3 is 2.12 bits per heavy atom. The van der Waals surface area contributed by atoms with Gasteiger partial charge in [-0.15, -0.1) is 0 Å². The minimum Gasteiger partial charge on any atom is -0.339 e. The van der Waals surface area contributed by atoms with Crippen LogP contribution in [0, 0.1) is 5.92 Å². The van der Waals surface area contributed by atoms with Crippen molar-refractivity contribution in [3.63, 3.8) is 0 Å². The zero-order chi connectivity index (χ0) is 23.2. The van der Waals surface area contributed by atoms with Crippen LogP contribution in [0.25, 0.3) is 6.08 Å². The first-order chi connectivity index (χ1) is 16.0. The normalized spacial score (nSPS) is 17.4. The van der Waals surface area contributed by atoms with Crippen molar-refractivity contribution in [2.75, 3.05) is 39.3 Å². The van der Waals surface area contributed by atoms with Crippen LogP contribution in [0.15, 0.2) is 60.7 Å². The van der Waals surface area contributed by atoms with Crippen molar-refractivity contribution < 1.29 is 14.4 Å². The number of hydrogen-bond acceptors (Lipinski definition) is 3. The molecule has 2 aliphatic rings. The molecule has 0 aliphatic carbocycles. The molecule has 0 aromatic heterocycles. The molecule has 3 amide bonds. The molecule has 0 saturated carbocycles. The molecule has 0 atom stereocenters. The molecule has 172 valence electrons. The molecule has 2 aliphatic heterocycles. The summed E-state index contributed by atoms with van der Waals surface area (Å²) >= 11 is 6.00. The van der Waals surface area contributed by atoms with Crippen LogP contribution >= 0.6 is 11.6 Å². The highest BCUT2D eigenvalue weighted by Crippen LogP contribution is 2.22. The molecule has 2 fully saturated rings. The Bertz CT molecular complexity index is 1020. The zero-order valence-electron chi connectivity index (χ0n) is 18.5. The molecule has 6 nitrogen and oxygen atoms in total. The molecule has 2 saturated heterocycles. The lowest BCUT2D eigenvalue weighted by molar-refractivity contribution is -0.140. The summed E-state index contributed by atoms with van der Waals surface area (Å²) < 4.78 is 0. The number of piperazine rings is 1. The Balaban J connectivity index is 1.23. The number of carbonyl (C=O) groups is 3. The highest BCUT2D eigenvalue weighted by atomic mass is 35.5. The third-order valence-corrected chi connectivity index (χ3v) is 6.56. The van der Waals surface area contributed by atoms with Crippen molar-refractivity contribution >= 4 is 35.4 Å². The molecule has 0 unspecified atom stereocenters. The van der Waals surface area contributed by atoms with Crippen LogP contribution in [0.2, 0.25) is 5.02 Å². The van der Waals surface area contributed by atoms with E-state index in [9.17, 15) is 14.4 Å². The van der Waals surface area contributed by atoms with Crippen LogP contribution < -0.4 is 0 Å². The van der Waals surface area contributed by atoms with Crippen LogP contribution in [0.4, 0.5) is 0 Å². The van der Waals surface area contributed by atoms with Gasteiger partial charge in [0.15, 0.2) is 0 Å². The van der Waals surface area contributed by atoms with E-state index >= 15 is 0 Å². The van der Waals surface area contributed by atoms with Crippen molar-refractivity contribution in [3.8, 4) is 0 Å². The second kappa shape index (κ2) is 10.7. The van der Waals surface area contributed by atoms with Gasteiger partial charge in [0.05, 0.1) is 0 Å². The summed E-state index contributed by atoms with van der Waals surface area (Å²) in [5.41, 5.74) is 1.56. The van der Waals surface area contributed by atoms with E-state index < -0.39 is 0 Å². The second-order valence-electron chi connectivity index (χ2n) is 8.47. The monoisotopic (exact) mass is 465 g/mol. The van der Waals surface area contributed by atoms with Gasteiger partial charge in [0.25, 0.3) is 5.91 Å². The first-order valence-corrected chi connectivity index (χ1v) is 11.7. The number of halogens is 1. The Morgan fingerprint density at radius 1 is 0.788 bits per heavy atom. The van der Waals surface area contributed by atoms with Gasteiger partial charge in [-0.25, -0.2) is 0 Å². The lowest BCUT2D eigenvalue weighted by atomic mass is 9.94. The number of likely N-dealkylation sites (tertiary alicyclic amines) is 1. The molecule has 2 heterocycles. The van der Waals surface area contributed by atoms with E-state index in [0.717, 1.165) is 5.56 Å². The lowest BCUT2D eigenvalue weighted by Crippen LogP contribution is -2.53. The van der Waals surface area contributed by atoms with Gasteiger partial charge in [0, 0.05) is 61.8 Å². The van der Waals surface area contributed by atoms with Crippen molar-refractivity contribution in [2.45, 2.75) is 12.8 Å². The highest BCUT2D eigenvalue weighted by molar-refractivity contribution is 6.30. The topological polar surface area (TPSA) is 60.9 Å². The van der Waals surface area contributed by atoms with Crippen molar-refractivity contribution in [1.29, 1.82) is 0 Å². The molecular formula is C26H28ClN3O3. The number of carbonyl (C=O) groups excluding carboxylic acids is 3. The third-order valence-electron chi connectivity index (χ3n) is 6.32. The fourth-order valence-electron chi connectivity index (χ4n) is 4.38. The maximum Gasteiger partial charge on any atom is 0.254 e. The summed E-state index contributed by atoms with van der Waals surface area (Å²) in [4.78, 5) is 43.6. The van der Waals surface area contributed by atoms with Crippen LogP contribution in [0.1, 0.15) is 28.8 Å². The predicted octanol–water partition coefficient (Wildman–Crippen LogP) is 3.58. The smallest absolute Gasteiger partial charge is 0.254 e. The van der Waals surface area contributed by atoms with Crippen molar-refractivity contribution in [1.82, 2.24) is 14.7 Å². The van der Waals surface area contributed by atoms with Gasteiger partial charge in [0.2, 0.25) is 11.8 Å². The van der Waals surface area contributed by atoms with E-state index in [2.05, 4.69) is 0 Å². The standard InChI is InChI=1S/C26H28ClN3O3/c27-23-8-4-7-22(19-23)26(33)30-17-15-29(16-18-30)25(32)21-11-13-28(14-12-21)24(31)10-9-20-5-2-1-3-6-20/h1-10,19,21H,11-18H2/b10-9+. The summed E-state index contributed by atoms with van der Waals surface area (Å²) in [5, 5.41) is 0.537. The molecular weight excluding hydrogens is 438 g/mol. The van der Waals surface area contributed by atoms with Crippen molar-refractivity contribution in [3.05, 3.63) is 76.8 Å². The predicted molar refractivity (Wildman–Crippen MR) is 129 cm³/mol. The molecule has 33 heavy (non-hydrogen) atoms. The summed E-state index contributed by atoms with van der Waals surface area (Å²) in [5.74, 6) is -0.00279. The molecule has 0 radical (unpaired) electrons. The first kappa shape index (κ1) is 23.1. The second-order valence-corrected chi connectivity index (χ2v) is 8.91. The number of piperidine rings is 1. The Hall–Kier alpha value is -3.12. The minimum atomic E-state index is -0.0673. The van der Waals surface area contributed by atoms with Gasteiger partial charge in [-0.3, -0.25) is 14.4 Å². The molecule has 7 heteroatoms. The van der Waals surface area contributed by atoms with Gasteiger partial charge in [-0.05, 0) is 42.7 Å². The Labute approximate surface area is 199 Å². The van der Waals surface area contributed by atoms with E-state index in [1.54, 1.807) is 35.2 Å². The number of hydrogen-bond donors (Lipinski definition) is 0. The van der Waals surface area contributed by atoms with E-state index in [0.29, 0.717) is 62.7 Å². The van der Waals surface area contributed by atoms with E-state index in [4.69, 9.17) is 11.6 Å². The molecule has 4 rings (SSSR count). The van der Waals surface area contributed by atoms with Crippen LogP contribution in [0.3, 0.4) is 0 Å². The minimum absolute atomic E-state index is 0.0158. The van der Waals surface area contributed by atoms with Gasteiger partial charge >= 0.3 is 0 Å². The molecule has 0 spiro atoms. The van der Waals surface area contributed by atoms with Crippen LogP contribution in [0.5, 0.6) is 0 Å². The average molecular weight is 466 g/mol. The maximum absolute atomic E-state index is 13.0. The molecule has 0 bridgehead atoms. The van der Waals surface area contributed by atoms with Gasteiger partial charge in [-0.1, -0.05) is 48.0 Å². The fraction of sp³-hybridized carbons (Fsp3) is 0.346. The number of amides is 3. The van der Waals surface area contributed by atoms with E-state index in [1.165, 1.54) is 0 Å². The third kappa shape index (κ3) is 5.82. The Kier molecular flexibility index (Phi) is 7.45. The summed E-state index contributed by atoms with van der Waals surface area (Å²) in [7, 11) is 0. The highest BCUT2D eigenvalue weighted by Gasteiger charge is 2.32. The SMILES string of the molecule is O=C(/C=C/c1ccccc1)N1CCC(C(=O)N2CCN(C(=O)c3cccc(Cl)c3)CC2)CC1. The van der Waals surface area contributed by atoms with Crippen LogP contribution in [-0.2, 0) is 9.59 Å².